The van der Waals surface area contributed by atoms with Gasteiger partial charge in [0.25, 0.3) is 0 Å². The van der Waals surface area contributed by atoms with Gasteiger partial charge in [-0.3, -0.25) is 4.79 Å². The Labute approximate surface area is 138 Å². The number of aromatic hydroxyl groups is 1. The molecular formula is C19H14ClNO2. The molecule has 3 aromatic carbocycles. The highest BCUT2D eigenvalue weighted by Gasteiger charge is 2.03. The van der Waals surface area contributed by atoms with Gasteiger partial charge in [-0.25, -0.2) is 0 Å². The molecule has 3 aromatic rings. The van der Waals surface area contributed by atoms with Crippen molar-refractivity contribution in [1.82, 2.24) is 0 Å². The number of carbonyl (C=O) groups is 1. The molecule has 0 bridgehead atoms. The van der Waals surface area contributed by atoms with Crippen molar-refractivity contribution in [1.29, 1.82) is 0 Å². The lowest BCUT2D eigenvalue weighted by Crippen LogP contribution is -1.96. The number of phenols is 1. The van der Waals surface area contributed by atoms with Gasteiger partial charge in [0.2, 0.25) is 0 Å². The molecule has 0 aromatic heterocycles. The number of hydrogen-bond acceptors (Lipinski definition) is 3. The van der Waals surface area contributed by atoms with Gasteiger partial charge in [0.15, 0.2) is 5.78 Å². The van der Waals surface area contributed by atoms with Crippen molar-refractivity contribution < 1.29 is 9.90 Å². The summed E-state index contributed by atoms with van der Waals surface area (Å²) >= 11 is 5.87. The van der Waals surface area contributed by atoms with Crippen LogP contribution in [-0.2, 0) is 0 Å². The number of carbonyl (C=O) groups excluding carboxylic acids is 1. The highest BCUT2D eigenvalue weighted by molar-refractivity contribution is 6.30. The van der Waals surface area contributed by atoms with E-state index in [0.717, 1.165) is 10.8 Å². The molecule has 23 heavy (non-hydrogen) atoms. The fourth-order valence-electron chi connectivity index (χ4n) is 2.27. The zero-order valence-corrected chi connectivity index (χ0v) is 12.9. The first kappa shape index (κ1) is 15.1. The first-order valence-electron chi connectivity index (χ1n) is 7.08. The molecule has 0 atom stereocenters. The fraction of sp³-hybridized carbons (Fsp3) is 0. The Morgan fingerprint density at radius 3 is 2.61 bits per heavy atom. The average Bonchev–Trinajstić information content (AvgIpc) is 2.57. The maximum Gasteiger partial charge on any atom is 0.187 e. The normalized spacial score (nSPS) is 11.0. The molecule has 0 aliphatic carbocycles. The number of anilines is 1. The largest absolute Gasteiger partial charge is 0.506 e. The summed E-state index contributed by atoms with van der Waals surface area (Å²) < 4.78 is 0. The lowest BCUT2D eigenvalue weighted by molar-refractivity contribution is 0.104. The summed E-state index contributed by atoms with van der Waals surface area (Å²) in [6.07, 6.45) is 2.91. The first-order valence-corrected chi connectivity index (χ1v) is 7.46. The molecule has 0 fully saturated rings. The summed E-state index contributed by atoms with van der Waals surface area (Å²) in [5, 5.41) is 15.2. The highest BCUT2D eigenvalue weighted by Crippen LogP contribution is 2.26. The van der Waals surface area contributed by atoms with Gasteiger partial charge in [-0.1, -0.05) is 48.0 Å². The minimum Gasteiger partial charge on any atom is -0.506 e. The third kappa shape index (κ3) is 3.52. The van der Waals surface area contributed by atoms with Crippen molar-refractivity contribution in [3.8, 4) is 5.75 Å². The Bertz CT molecular complexity index is 903. The van der Waals surface area contributed by atoms with Crippen molar-refractivity contribution >= 4 is 33.8 Å². The minimum atomic E-state index is -0.121. The molecule has 0 radical (unpaired) electrons. The van der Waals surface area contributed by atoms with E-state index < -0.39 is 0 Å². The Kier molecular flexibility index (Phi) is 4.31. The van der Waals surface area contributed by atoms with Gasteiger partial charge in [0.1, 0.15) is 5.75 Å². The van der Waals surface area contributed by atoms with Crippen LogP contribution in [0, 0.1) is 0 Å². The number of nitrogens with one attached hydrogen (secondary N) is 1. The summed E-state index contributed by atoms with van der Waals surface area (Å²) in [5.41, 5.74) is 1.05. The molecule has 3 nitrogen and oxygen atoms in total. The molecule has 4 heteroatoms. The first-order chi connectivity index (χ1) is 11.1. The van der Waals surface area contributed by atoms with Crippen LogP contribution in [0.2, 0.25) is 5.02 Å². The summed E-state index contributed by atoms with van der Waals surface area (Å²) in [6.45, 7) is 0. The van der Waals surface area contributed by atoms with Crippen LogP contribution in [0.25, 0.3) is 10.8 Å². The molecule has 3 rings (SSSR count). The highest BCUT2D eigenvalue weighted by atomic mass is 35.5. The van der Waals surface area contributed by atoms with Gasteiger partial charge in [-0.15, -0.1) is 0 Å². The smallest absolute Gasteiger partial charge is 0.187 e. The number of halogens is 1. The minimum absolute atomic E-state index is 0.0669. The summed E-state index contributed by atoms with van der Waals surface area (Å²) in [7, 11) is 0. The number of rotatable bonds is 4. The molecule has 0 saturated carbocycles. The van der Waals surface area contributed by atoms with E-state index >= 15 is 0 Å². The number of phenolic OH excluding ortho intramolecular Hbond substituents is 1. The molecule has 0 heterocycles. The molecule has 0 aliphatic heterocycles. The third-order valence-corrected chi connectivity index (χ3v) is 3.70. The van der Waals surface area contributed by atoms with E-state index in [1.165, 1.54) is 18.3 Å². The standard InChI is InChI=1S/C19H14ClNO2/c20-16-7-8-19(23)17(12-16)21-10-9-18(22)15-6-5-13-3-1-2-4-14(13)11-15/h1-12,21,23H/b10-9-. The zero-order chi connectivity index (χ0) is 16.2. The molecular weight excluding hydrogens is 310 g/mol. The molecule has 0 saturated heterocycles. The fourth-order valence-corrected chi connectivity index (χ4v) is 2.44. The second kappa shape index (κ2) is 6.55. The van der Waals surface area contributed by atoms with Gasteiger partial charge in [-0.05, 0) is 35.0 Å². The maximum absolute atomic E-state index is 12.2. The Hall–Kier alpha value is -2.78. The Morgan fingerprint density at radius 1 is 1.00 bits per heavy atom. The van der Waals surface area contributed by atoms with Gasteiger partial charge >= 0.3 is 0 Å². The van der Waals surface area contributed by atoms with Crippen LogP contribution in [-0.4, -0.2) is 10.9 Å². The lowest BCUT2D eigenvalue weighted by Gasteiger charge is -2.04. The Morgan fingerprint density at radius 2 is 1.78 bits per heavy atom. The van der Waals surface area contributed by atoms with Crippen LogP contribution in [0.3, 0.4) is 0 Å². The SMILES string of the molecule is O=C(/C=C\Nc1cc(Cl)ccc1O)c1ccc2ccccc2c1. The molecule has 0 aliphatic rings. The van der Waals surface area contributed by atoms with Gasteiger partial charge in [0, 0.05) is 22.9 Å². The van der Waals surface area contributed by atoms with E-state index in [4.69, 9.17) is 11.6 Å². The van der Waals surface area contributed by atoms with Crippen LogP contribution >= 0.6 is 11.6 Å². The molecule has 0 spiro atoms. The molecule has 114 valence electrons. The quantitative estimate of drug-likeness (QED) is 0.403. The van der Waals surface area contributed by atoms with Crippen LogP contribution in [0.5, 0.6) is 5.75 Å². The molecule has 2 N–H and O–H groups in total. The number of hydrogen-bond donors (Lipinski definition) is 2. The van der Waals surface area contributed by atoms with E-state index in [2.05, 4.69) is 5.32 Å². The monoisotopic (exact) mass is 323 g/mol. The Balaban J connectivity index is 1.76. The predicted octanol–water partition coefficient (Wildman–Crippen LogP) is 5.01. The second-order valence-electron chi connectivity index (χ2n) is 5.07. The molecule has 0 unspecified atom stereocenters. The van der Waals surface area contributed by atoms with Crippen LogP contribution in [0.15, 0.2) is 72.9 Å². The van der Waals surface area contributed by atoms with Crippen molar-refractivity contribution in [2.45, 2.75) is 0 Å². The van der Waals surface area contributed by atoms with Gasteiger partial charge in [0.05, 0.1) is 5.69 Å². The summed E-state index contributed by atoms with van der Waals surface area (Å²) in [4.78, 5) is 12.2. The number of allylic oxidation sites excluding steroid dienone is 1. The van der Waals surface area contributed by atoms with E-state index in [9.17, 15) is 9.90 Å². The maximum atomic E-state index is 12.2. The summed E-state index contributed by atoms with van der Waals surface area (Å²) in [5.74, 6) is -0.0537. The number of ketones is 1. The second-order valence-corrected chi connectivity index (χ2v) is 5.50. The predicted molar refractivity (Wildman–Crippen MR) is 94.2 cm³/mol. The van der Waals surface area contributed by atoms with Crippen LogP contribution in [0.1, 0.15) is 10.4 Å². The van der Waals surface area contributed by atoms with E-state index in [0.29, 0.717) is 16.3 Å². The summed E-state index contributed by atoms with van der Waals surface area (Å²) in [6, 6.07) is 18.1. The van der Waals surface area contributed by atoms with Crippen molar-refractivity contribution in [3.63, 3.8) is 0 Å². The number of benzene rings is 3. The van der Waals surface area contributed by atoms with Crippen molar-refractivity contribution in [2.24, 2.45) is 0 Å². The number of fused-ring (bicyclic) bond motifs is 1. The van der Waals surface area contributed by atoms with E-state index in [1.54, 1.807) is 18.2 Å². The third-order valence-electron chi connectivity index (χ3n) is 3.47. The molecule has 0 amide bonds. The van der Waals surface area contributed by atoms with Crippen LogP contribution in [0.4, 0.5) is 5.69 Å². The lowest BCUT2D eigenvalue weighted by atomic mass is 10.0. The van der Waals surface area contributed by atoms with Gasteiger partial charge in [-0.2, -0.15) is 0 Å². The topological polar surface area (TPSA) is 49.3 Å². The zero-order valence-electron chi connectivity index (χ0n) is 12.2. The average molecular weight is 324 g/mol. The van der Waals surface area contributed by atoms with Crippen molar-refractivity contribution in [2.75, 3.05) is 5.32 Å². The van der Waals surface area contributed by atoms with E-state index in [-0.39, 0.29) is 11.5 Å². The van der Waals surface area contributed by atoms with Gasteiger partial charge < -0.3 is 10.4 Å². The van der Waals surface area contributed by atoms with Crippen molar-refractivity contribution in [3.05, 3.63) is 83.5 Å². The van der Waals surface area contributed by atoms with Crippen LogP contribution < -0.4 is 5.32 Å². The van der Waals surface area contributed by atoms with E-state index in [1.807, 2.05) is 36.4 Å².